The fourth-order valence-electron chi connectivity index (χ4n) is 5.01. The number of carbonyl (C=O) groups is 2. The largest absolute Gasteiger partial charge is 0.478 e. The third-order valence-electron chi connectivity index (χ3n) is 6.95. The second-order valence-corrected chi connectivity index (χ2v) is 8.71. The molecular formula is C25H24N2O4. The summed E-state index contributed by atoms with van der Waals surface area (Å²) in [6.45, 7) is 3.43. The molecule has 1 amide bonds. The number of carboxylic acids is 1. The number of amides is 1. The molecule has 6 heteroatoms. The van der Waals surface area contributed by atoms with Crippen molar-refractivity contribution in [3.8, 4) is 11.1 Å². The maximum atomic E-state index is 12.4. The van der Waals surface area contributed by atoms with Crippen molar-refractivity contribution >= 4 is 11.9 Å². The Bertz CT molecular complexity index is 1130. The average molecular weight is 416 g/mol. The van der Waals surface area contributed by atoms with Crippen LogP contribution in [0.25, 0.3) is 11.1 Å². The van der Waals surface area contributed by atoms with Crippen molar-refractivity contribution in [1.29, 1.82) is 0 Å². The maximum Gasteiger partial charge on any atom is 0.335 e. The first-order valence-electron chi connectivity index (χ1n) is 10.6. The number of aromatic nitrogens is 1. The van der Waals surface area contributed by atoms with E-state index in [2.05, 4.69) is 29.2 Å². The Balaban J connectivity index is 1.25. The fourth-order valence-corrected chi connectivity index (χ4v) is 5.01. The molecule has 1 aliphatic carbocycles. The molecule has 0 radical (unpaired) electrons. The molecule has 1 atom stereocenters. The second-order valence-electron chi connectivity index (χ2n) is 8.71. The summed E-state index contributed by atoms with van der Waals surface area (Å²) in [7, 11) is 0. The van der Waals surface area contributed by atoms with Gasteiger partial charge in [-0.25, -0.2) is 9.78 Å². The molecule has 0 bridgehead atoms. The molecule has 1 saturated heterocycles. The molecule has 2 aromatic carbocycles. The van der Waals surface area contributed by atoms with Crippen molar-refractivity contribution in [2.75, 3.05) is 13.1 Å². The predicted molar refractivity (Wildman–Crippen MR) is 115 cm³/mol. The minimum atomic E-state index is -0.905. The Labute approximate surface area is 180 Å². The molecular weight excluding hydrogens is 392 g/mol. The summed E-state index contributed by atoms with van der Waals surface area (Å²) in [5.41, 5.74) is 5.06. The third-order valence-corrected chi connectivity index (χ3v) is 6.95. The van der Waals surface area contributed by atoms with Gasteiger partial charge in [0.15, 0.2) is 0 Å². The monoisotopic (exact) mass is 416 g/mol. The number of piperidine rings is 1. The van der Waals surface area contributed by atoms with Gasteiger partial charge in [0.05, 0.1) is 11.8 Å². The molecule has 2 aliphatic rings. The van der Waals surface area contributed by atoms with Crippen LogP contribution >= 0.6 is 0 Å². The van der Waals surface area contributed by atoms with Crippen molar-refractivity contribution in [3.05, 3.63) is 77.5 Å². The molecule has 158 valence electrons. The van der Waals surface area contributed by atoms with Crippen LogP contribution in [-0.2, 0) is 0 Å². The quantitative estimate of drug-likeness (QED) is 0.663. The van der Waals surface area contributed by atoms with Gasteiger partial charge in [0.25, 0.3) is 5.89 Å². The molecule has 1 aromatic heterocycles. The van der Waals surface area contributed by atoms with Crippen molar-refractivity contribution in [2.24, 2.45) is 5.41 Å². The van der Waals surface area contributed by atoms with Gasteiger partial charge >= 0.3 is 11.9 Å². The molecule has 2 fully saturated rings. The van der Waals surface area contributed by atoms with E-state index in [1.54, 1.807) is 12.1 Å². The molecule has 0 unspecified atom stereocenters. The van der Waals surface area contributed by atoms with Gasteiger partial charge in [0, 0.05) is 13.1 Å². The van der Waals surface area contributed by atoms with Gasteiger partial charge in [-0.15, -0.1) is 0 Å². The van der Waals surface area contributed by atoms with Crippen LogP contribution < -0.4 is 0 Å². The number of hydrogen-bond acceptors (Lipinski definition) is 4. The first kappa shape index (κ1) is 19.5. The zero-order valence-corrected chi connectivity index (χ0v) is 17.4. The number of hydrogen-bond donors (Lipinski definition) is 1. The van der Waals surface area contributed by atoms with Crippen molar-refractivity contribution in [2.45, 2.75) is 32.1 Å². The van der Waals surface area contributed by atoms with E-state index >= 15 is 0 Å². The number of nitrogens with zero attached hydrogens (tertiary/aromatic N) is 2. The lowest BCUT2D eigenvalue weighted by molar-refractivity contribution is 0.0633. The Morgan fingerprint density at radius 3 is 2.48 bits per heavy atom. The van der Waals surface area contributed by atoms with E-state index in [-0.39, 0.29) is 11.8 Å². The molecule has 1 saturated carbocycles. The Hall–Kier alpha value is -3.41. The summed E-state index contributed by atoms with van der Waals surface area (Å²) in [5, 5.41) is 9.16. The highest BCUT2D eigenvalue weighted by molar-refractivity contribution is 5.90. The molecule has 1 aliphatic heterocycles. The summed E-state index contributed by atoms with van der Waals surface area (Å²) in [6, 6.07) is 13.9. The Morgan fingerprint density at radius 2 is 1.87 bits per heavy atom. The van der Waals surface area contributed by atoms with Crippen molar-refractivity contribution < 1.29 is 19.1 Å². The summed E-state index contributed by atoms with van der Waals surface area (Å²) < 4.78 is 5.15. The number of carbonyl (C=O) groups excluding carboxylic acids is 1. The first-order chi connectivity index (χ1) is 15.0. The van der Waals surface area contributed by atoms with Gasteiger partial charge in [-0.3, -0.25) is 4.79 Å². The number of likely N-dealkylation sites (tertiary alicyclic amines) is 1. The zero-order valence-electron chi connectivity index (χ0n) is 17.4. The van der Waals surface area contributed by atoms with Crippen molar-refractivity contribution in [3.63, 3.8) is 0 Å². The summed E-state index contributed by atoms with van der Waals surface area (Å²) in [6.07, 6.45) is 6.10. The highest BCUT2D eigenvalue weighted by atomic mass is 16.4. The minimum Gasteiger partial charge on any atom is -0.478 e. The normalized spacial score (nSPS) is 19.4. The lowest BCUT2D eigenvalue weighted by atomic mass is 9.88. The summed E-state index contributed by atoms with van der Waals surface area (Å²) >= 11 is 0. The third kappa shape index (κ3) is 3.52. The molecule has 1 N–H and O–H groups in total. The van der Waals surface area contributed by atoms with Crippen LogP contribution in [0, 0.1) is 12.3 Å². The van der Waals surface area contributed by atoms with Crippen LogP contribution in [0.2, 0.25) is 0 Å². The lowest BCUT2D eigenvalue weighted by Gasteiger charge is -2.32. The number of oxazole rings is 1. The lowest BCUT2D eigenvalue weighted by Crippen LogP contribution is -2.39. The van der Waals surface area contributed by atoms with E-state index in [0.717, 1.165) is 42.6 Å². The number of carboxylic acid groups (broad SMARTS) is 1. The summed E-state index contributed by atoms with van der Waals surface area (Å²) in [4.78, 5) is 29.4. The highest BCUT2D eigenvalue weighted by Gasteiger charge is 2.55. The Morgan fingerprint density at radius 1 is 1.13 bits per heavy atom. The van der Waals surface area contributed by atoms with Gasteiger partial charge in [-0.1, -0.05) is 30.3 Å². The highest BCUT2D eigenvalue weighted by Crippen LogP contribution is 2.65. The molecule has 6 nitrogen and oxygen atoms in total. The van der Waals surface area contributed by atoms with E-state index in [9.17, 15) is 9.59 Å². The first-order valence-corrected chi connectivity index (χ1v) is 10.6. The van der Waals surface area contributed by atoms with Crippen LogP contribution in [0.1, 0.15) is 57.4 Å². The number of aromatic carboxylic acids is 1. The van der Waals surface area contributed by atoms with Crippen LogP contribution in [0.3, 0.4) is 0 Å². The SMILES string of the molecule is Cc1cc(C(=O)O)ccc1-c1ccc([C@@H]2CC23CCN(C(=O)c2ncco2)CC3)cc1. The van der Waals surface area contributed by atoms with E-state index in [0.29, 0.717) is 16.9 Å². The van der Waals surface area contributed by atoms with E-state index in [4.69, 9.17) is 9.52 Å². The molecule has 1 spiro atoms. The maximum absolute atomic E-state index is 12.4. The van der Waals surface area contributed by atoms with E-state index in [1.807, 2.05) is 17.9 Å². The molecule has 31 heavy (non-hydrogen) atoms. The molecule has 3 aromatic rings. The number of aryl methyl sites for hydroxylation is 1. The van der Waals surface area contributed by atoms with E-state index < -0.39 is 5.97 Å². The van der Waals surface area contributed by atoms with Gasteiger partial charge in [0.1, 0.15) is 6.26 Å². The van der Waals surface area contributed by atoms with Gasteiger partial charge < -0.3 is 14.4 Å². The van der Waals surface area contributed by atoms with Crippen molar-refractivity contribution in [1.82, 2.24) is 9.88 Å². The van der Waals surface area contributed by atoms with Crippen LogP contribution in [0.5, 0.6) is 0 Å². The smallest absolute Gasteiger partial charge is 0.335 e. The van der Waals surface area contributed by atoms with Crippen LogP contribution in [0.4, 0.5) is 0 Å². The predicted octanol–water partition coefficient (Wildman–Crippen LogP) is 4.76. The minimum absolute atomic E-state index is 0.120. The Kier molecular flexibility index (Phi) is 4.65. The van der Waals surface area contributed by atoms with Gasteiger partial charge in [-0.05, 0) is 71.9 Å². The van der Waals surface area contributed by atoms with Crippen LogP contribution in [0.15, 0.2) is 59.3 Å². The fraction of sp³-hybridized carbons (Fsp3) is 0.320. The summed E-state index contributed by atoms with van der Waals surface area (Å²) in [5.74, 6) is -0.315. The van der Waals surface area contributed by atoms with Gasteiger partial charge in [0.2, 0.25) is 0 Å². The number of rotatable bonds is 4. The molecule has 5 rings (SSSR count). The van der Waals surface area contributed by atoms with Crippen LogP contribution in [-0.4, -0.2) is 40.0 Å². The van der Waals surface area contributed by atoms with E-state index in [1.165, 1.54) is 24.4 Å². The topological polar surface area (TPSA) is 83.6 Å². The average Bonchev–Trinajstić information content (AvgIpc) is 3.20. The zero-order chi connectivity index (χ0) is 21.6. The second kappa shape index (κ2) is 7.38. The standard InChI is InChI=1S/C25H24N2O4/c1-16-14-19(24(29)30)6-7-20(16)17-2-4-18(5-3-17)21-15-25(21)8-11-27(12-9-25)23(28)22-26-10-13-31-22/h2-7,10,13-14,21H,8-9,11-12,15H2,1H3,(H,29,30)/t21-/m0/s1. The number of benzene rings is 2. The van der Waals surface area contributed by atoms with Gasteiger partial charge in [-0.2, -0.15) is 0 Å². The molecule has 2 heterocycles.